The number of benzene rings is 1. The number of thioether (sulfide) groups is 1. The molecular formula is C22H30ClN3OS. The van der Waals surface area contributed by atoms with Crippen LogP contribution in [-0.2, 0) is 11.3 Å². The lowest BCUT2D eigenvalue weighted by Gasteiger charge is -2.29. The molecule has 0 bridgehead atoms. The summed E-state index contributed by atoms with van der Waals surface area (Å²) in [6.45, 7) is 7.49. The van der Waals surface area contributed by atoms with E-state index in [2.05, 4.69) is 35.6 Å². The number of nitrogens with zero attached hydrogens (tertiary/aromatic N) is 2. The Morgan fingerprint density at radius 3 is 2.68 bits per heavy atom. The Morgan fingerprint density at radius 1 is 1.29 bits per heavy atom. The van der Waals surface area contributed by atoms with Gasteiger partial charge in [-0.2, -0.15) is 0 Å². The third kappa shape index (κ3) is 5.54. The normalized spacial score (nSPS) is 19.8. The molecule has 0 radical (unpaired) electrons. The number of hydrogen-bond acceptors (Lipinski definition) is 3. The zero-order chi connectivity index (χ0) is 20.1. The average Bonchev–Trinajstić information content (AvgIpc) is 3.04. The molecule has 1 aliphatic carbocycles. The second-order valence-electron chi connectivity index (χ2n) is 8.16. The molecule has 2 atom stereocenters. The van der Waals surface area contributed by atoms with Gasteiger partial charge in [-0.3, -0.25) is 4.79 Å². The van der Waals surface area contributed by atoms with Crippen LogP contribution in [0.1, 0.15) is 46.5 Å². The summed E-state index contributed by atoms with van der Waals surface area (Å²) in [5.41, 5.74) is 2.15. The zero-order valence-corrected chi connectivity index (χ0v) is 18.5. The average molecular weight is 420 g/mol. The highest BCUT2D eigenvalue weighted by Gasteiger charge is 2.23. The van der Waals surface area contributed by atoms with Crippen LogP contribution in [0, 0.1) is 11.8 Å². The summed E-state index contributed by atoms with van der Waals surface area (Å²) in [6, 6.07) is 8.15. The minimum absolute atomic E-state index is 0.107. The van der Waals surface area contributed by atoms with E-state index >= 15 is 0 Å². The molecule has 1 aromatic heterocycles. The van der Waals surface area contributed by atoms with Crippen molar-refractivity contribution in [3.8, 4) is 11.3 Å². The van der Waals surface area contributed by atoms with Crippen LogP contribution in [0.3, 0.4) is 0 Å². The van der Waals surface area contributed by atoms with Crippen molar-refractivity contribution in [2.75, 3.05) is 5.75 Å². The standard InChI is InChI=1S/C22H30ClN3OS/c1-15(2)13-26-20(17-8-10-18(23)11-9-17)12-24-22(26)28-14-21(27)25-19-7-5-4-6-16(19)3/h8-12,15-16,19H,4-7,13-14H2,1-3H3,(H,25,27)/t16-,19-/m0/s1. The quantitative estimate of drug-likeness (QED) is 0.590. The first-order valence-electron chi connectivity index (χ1n) is 10.2. The Morgan fingerprint density at radius 2 is 2.00 bits per heavy atom. The van der Waals surface area contributed by atoms with Crippen molar-refractivity contribution in [1.82, 2.24) is 14.9 Å². The summed E-state index contributed by atoms with van der Waals surface area (Å²) in [5.74, 6) is 1.56. The van der Waals surface area contributed by atoms with E-state index in [1.54, 1.807) is 0 Å². The van der Waals surface area contributed by atoms with Gasteiger partial charge in [-0.15, -0.1) is 0 Å². The van der Waals surface area contributed by atoms with Gasteiger partial charge in [0.25, 0.3) is 0 Å². The van der Waals surface area contributed by atoms with Crippen LogP contribution in [0.25, 0.3) is 11.3 Å². The van der Waals surface area contributed by atoms with Crippen molar-refractivity contribution in [2.24, 2.45) is 11.8 Å². The minimum Gasteiger partial charge on any atom is -0.352 e. The first-order chi connectivity index (χ1) is 13.4. The molecule has 1 saturated carbocycles. The van der Waals surface area contributed by atoms with Crippen LogP contribution in [0.15, 0.2) is 35.6 Å². The Bertz CT molecular complexity index is 788. The Kier molecular flexibility index (Phi) is 7.47. The molecule has 1 amide bonds. The molecule has 1 aromatic carbocycles. The molecule has 4 nitrogen and oxygen atoms in total. The Balaban J connectivity index is 1.69. The molecule has 152 valence electrons. The van der Waals surface area contributed by atoms with Crippen molar-refractivity contribution in [3.63, 3.8) is 0 Å². The predicted octanol–water partition coefficient (Wildman–Crippen LogP) is 5.65. The predicted molar refractivity (Wildman–Crippen MR) is 118 cm³/mol. The summed E-state index contributed by atoms with van der Waals surface area (Å²) in [6.07, 6.45) is 6.70. The maximum Gasteiger partial charge on any atom is 0.230 e. The number of carbonyl (C=O) groups excluding carboxylic acids is 1. The lowest BCUT2D eigenvalue weighted by molar-refractivity contribution is -0.119. The van der Waals surface area contributed by atoms with Gasteiger partial charge < -0.3 is 9.88 Å². The first-order valence-corrected chi connectivity index (χ1v) is 11.5. The SMILES string of the molecule is CC(C)Cn1c(-c2ccc(Cl)cc2)cnc1SCC(=O)N[C@H]1CCCC[C@@H]1C. The molecular weight excluding hydrogens is 390 g/mol. The van der Waals surface area contributed by atoms with Gasteiger partial charge in [-0.25, -0.2) is 4.98 Å². The topological polar surface area (TPSA) is 46.9 Å². The number of imidazole rings is 1. The van der Waals surface area contributed by atoms with E-state index in [4.69, 9.17) is 11.6 Å². The highest BCUT2D eigenvalue weighted by atomic mass is 35.5. The number of rotatable bonds is 7. The molecule has 2 aromatic rings. The van der Waals surface area contributed by atoms with Gasteiger partial charge in [-0.05, 0) is 42.4 Å². The van der Waals surface area contributed by atoms with Crippen LogP contribution >= 0.6 is 23.4 Å². The monoisotopic (exact) mass is 419 g/mol. The molecule has 0 spiro atoms. The van der Waals surface area contributed by atoms with Crippen molar-refractivity contribution in [2.45, 2.75) is 64.2 Å². The van der Waals surface area contributed by atoms with Gasteiger partial charge >= 0.3 is 0 Å². The molecule has 1 fully saturated rings. The highest BCUT2D eigenvalue weighted by Crippen LogP contribution is 2.28. The second-order valence-corrected chi connectivity index (χ2v) is 9.54. The van der Waals surface area contributed by atoms with E-state index in [0.29, 0.717) is 23.6 Å². The third-order valence-electron chi connectivity index (χ3n) is 5.30. The summed E-state index contributed by atoms with van der Waals surface area (Å²) < 4.78 is 2.22. The fraction of sp³-hybridized carbons (Fsp3) is 0.545. The number of hydrogen-bond donors (Lipinski definition) is 1. The maximum absolute atomic E-state index is 12.5. The molecule has 1 N–H and O–H groups in total. The van der Waals surface area contributed by atoms with Gasteiger partial charge in [0.05, 0.1) is 17.6 Å². The lowest BCUT2D eigenvalue weighted by Crippen LogP contribution is -2.41. The van der Waals surface area contributed by atoms with Gasteiger partial charge in [-0.1, -0.05) is 69.1 Å². The fourth-order valence-corrected chi connectivity index (χ4v) is 4.70. The van der Waals surface area contributed by atoms with Crippen molar-refractivity contribution >= 4 is 29.3 Å². The van der Waals surface area contributed by atoms with E-state index in [-0.39, 0.29) is 5.91 Å². The van der Waals surface area contributed by atoms with E-state index in [1.165, 1.54) is 31.0 Å². The van der Waals surface area contributed by atoms with E-state index in [1.807, 2.05) is 30.5 Å². The summed E-state index contributed by atoms with van der Waals surface area (Å²) in [5, 5.41) is 4.85. The van der Waals surface area contributed by atoms with Crippen LogP contribution in [-0.4, -0.2) is 27.3 Å². The molecule has 28 heavy (non-hydrogen) atoms. The number of carbonyl (C=O) groups is 1. The second kappa shape index (κ2) is 9.84. The molecule has 0 saturated heterocycles. The van der Waals surface area contributed by atoms with Crippen LogP contribution < -0.4 is 5.32 Å². The lowest BCUT2D eigenvalue weighted by atomic mass is 9.86. The highest BCUT2D eigenvalue weighted by molar-refractivity contribution is 7.99. The zero-order valence-electron chi connectivity index (χ0n) is 17.0. The van der Waals surface area contributed by atoms with Crippen molar-refractivity contribution in [1.29, 1.82) is 0 Å². The minimum atomic E-state index is 0.107. The smallest absolute Gasteiger partial charge is 0.230 e. The van der Waals surface area contributed by atoms with Gasteiger partial charge in [0.2, 0.25) is 5.91 Å². The fourth-order valence-electron chi connectivity index (χ4n) is 3.78. The molecule has 3 rings (SSSR count). The Hall–Kier alpha value is -1.46. The number of halogens is 1. The summed E-state index contributed by atoms with van der Waals surface area (Å²) >= 11 is 7.55. The number of aromatic nitrogens is 2. The van der Waals surface area contributed by atoms with Crippen molar-refractivity contribution < 1.29 is 4.79 Å². The first kappa shape index (κ1) is 21.3. The number of amides is 1. The van der Waals surface area contributed by atoms with Crippen molar-refractivity contribution in [3.05, 3.63) is 35.5 Å². The molecule has 0 aliphatic heterocycles. The summed E-state index contributed by atoms with van der Waals surface area (Å²) in [7, 11) is 0. The van der Waals surface area contributed by atoms with E-state index < -0.39 is 0 Å². The number of nitrogens with one attached hydrogen (secondary N) is 1. The Labute approximate surface area is 177 Å². The van der Waals surface area contributed by atoms with Gasteiger partial charge in [0.1, 0.15) is 0 Å². The van der Waals surface area contributed by atoms with E-state index in [0.717, 1.165) is 34.4 Å². The largest absolute Gasteiger partial charge is 0.352 e. The van der Waals surface area contributed by atoms with Crippen LogP contribution in [0.2, 0.25) is 5.02 Å². The molecule has 1 aliphatic rings. The van der Waals surface area contributed by atoms with Crippen LogP contribution in [0.5, 0.6) is 0 Å². The molecule has 0 unspecified atom stereocenters. The van der Waals surface area contributed by atoms with Gasteiger partial charge in [0, 0.05) is 17.6 Å². The third-order valence-corrected chi connectivity index (χ3v) is 6.54. The van der Waals surface area contributed by atoms with E-state index in [9.17, 15) is 4.79 Å². The summed E-state index contributed by atoms with van der Waals surface area (Å²) in [4.78, 5) is 17.1. The maximum atomic E-state index is 12.5. The van der Waals surface area contributed by atoms with Gasteiger partial charge in [0.15, 0.2) is 5.16 Å². The van der Waals surface area contributed by atoms with Crippen LogP contribution in [0.4, 0.5) is 0 Å². The molecule has 6 heteroatoms. The molecule has 1 heterocycles.